The van der Waals surface area contributed by atoms with Crippen molar-refractivity contribution in [2.75, 3.05) is 19.7 Å². The van der Waals surface area contributed by atoms with Gasteiger partial charge in [-0.2, -0.15) is 0 Å². The molecular weight excluding hydrogens is 398 g/mol. The zero-order valence-corrected chi connectivity index (χ0v) is 17.0. The van der Waals surface area contributed by atoms with Crippen molar-refractivity contribution in [3.8, 4) is 5.75 Å². The largest absolute Gasteiger partial charge is 0.492 e. The van der Waals surface area contributed by atoms with Crippen molar-refractivity contribution < 1.29 is 23.9 Å². The summed E-state index contributed by atoms with van der Waals surface area (Å²) in [5.74, 6) is -1.56. The van der Waals surface area contributed by atoms with Crippen LogP contribution in [0.4, 0.5) is 4.79 Å². The van der Waals surface area contributed by atoms with E-state index >= 15 is 0 Å². The van der Waals surface area contributed by atoms with Gasteiger partial charge in [-0.05, 0) is 43.0 Å². The van der Waals surface area contributed by atoms with Crippen molar-refractivity contribution in [1.29, 1.82) is 0 Å². The fraction of sp³-hybridized carbons (Fsp3) is 0.500. The summed E-state index contributed by atoms with van der Waals surface area (Å²) in [6, 6.07) is 5.81. The number of nitrogens with one attached hydrogen (secondary N) is 1. The third kappa shape index (κ3) is 4.87. The third-order valence-corrected chi connectivity index (χ3v) is 5.54. The van der Waals surface area contributed by atoms with E-state index in [1.165, 1.54) is 0 Å². The number of imide groups is 2. The van der Waals surface area contributed by atoms with Crippen molar-refractivity contribution in [3.63, 3.8) is 0 Å². The molecule has 1 heterocycles. The van der Waals surface area contributed by atoms with Crippen LogP contribution in [0.1, 0.15) is 32.6 Å². The molecule has 1 aliphatic heterocycles. The van der Waals surface area contributed by atoms with E-state index in [-0.39, 0.29) is 25.1 Å². The van der Waals surface area contributed by atoms with E-state index in [9.17, 15) is 19.2 Å². The molecule has 1 saturated heterocycles. The number of hydrogen-bond donors (Lipinski definition) is 1. The normalized spacial score (nSPS) is 22.2. The summed E-state index contributed by atoms with van der Waals surface area (Å²) in [6.45, 7) is 1.89. The topological polar surface area (TPSA) is 96.0 Å². The molecule has 5 amide bonds. The Hall–Kier alpha value is -2.61. The zero-order valence-electron chi connectivity index (χ0n) is 16.2. The highest BCUT2D eigenvalue weighted by Crippen LogP contribution is 2.31. The van der Waals surface area contributed by atoms with Gasteiger partial charge in [0.2, 0.25) is 5.91 Å². The highest BCUT2D eigenvalue weighted by atomic mass is 35.5. The average molecular weight is 422 g/mol. The number of nitrogens with zero attached hydrogens (tertiary/aromatic N) is 2. The van der Waals surface area contributed by atoms with Crippen molar-refractivity contribution in [1.82, 2.24) is 15.1 Å². The Bertz CT molecular complexity index is 798. The molecule has 156 valence electrons. The van der Waals surface area contributed by atoms with Crippen LogP contribution in [0, 0.1) is 5.92 Å². The predicted molar refractivity (Wildman–Crippen MR) is 105 cm³/mol. The fourth-order valence-electron chi connectivity index (χ4n) is 3.72. The van der Waals surface area contributed by atoms with Gasteiger partial charge in [0.25, 0.3) is 0 Å². The predicted octanol–water partition coefficient (Wildman–Crippen LogP) is 2.20. The Labute approximate surface area is 174 Å². The summed E-state index contributed by atoms with van der Waals surface area (Å²) in [6.07, 6.45) is 3.55. The maximum Gasteiger partial charge on any atom is 0.334 e. The molecule has 0 spiro atoms. The first kappa shape index (κ1) is 21.1. The summed E-state index contributed by atoms with van der Waals surface area (Å²) < 4.78 is 5.47. The Morgan fingerprint density at radius 1 is 1.14 bits per heavy atom. The van der Waals surface area contributed by atoms with E-state index in [1.807, 2.05) is 6.92 Å². The standard InChI is InChI=1S/C20H24ClN3O5/c1-13-4-2-3-5-16(13)24-19(27)18(26)23(20(24)28)12-17(25)22-10-11-29-15-8-6-14(21)7-9-15/h6-9,13,16H,2-5,10-12H2,1H3,(H,22,25)/t13-,16+/m1/s1. The molecule has 9 heteroatoms. The molecule has 3 rings (SSSR count). The number of rotatable bonds is 7. The highest BCUT2D eigenvalue weighted by Gasteiger charge is 2.49. The van der Waals surface area contributed by atoms with Crippen LogP contribution < -0.4 is 10.1 Å². The molecule has 1 N–H and O–H groups in total. The number of amides is 5. The molecule has 0 radical (unpaired) electrons. The molecule has 1 aromatic carbocycles. The van der Waals surface area contributed by atoms with Crippen LogP contribution >= 0.6 is 11.6 Å². The van der Waals surface area contributed by atoms with Crippen LogP contribution in [-0.2, 0) is 14.4 Å². The third-order valence-electron chi connectivity index (χ3n) is 5.29. The fourth-order valence-corrected chi connectivity index (χ4v) is 3.85. The Balaban J connectivity index is 1.49. The van der Waals surface area contributed by atoms with Gasteiger partial charge in [0.1, 0.15) is 18.9 Å². The highest BCUT2D eigenvalue weighted by molar-refractivity contribution is 6.45. The maximum absolute atomic E-state index is 12.6. The number of carbonyl (C=O) groups excluding carboxylic acids is 4. The molecule has 8 nitrogen and oxygen atoms in total. The van der Waals surface area contributed by atoms with Crippen LogP contribution in [0.15, 0.2) is 24.3 Å². The van der Waals surface area contributed by atoms with Gasteiger partial charge in [-0.3, -0.25) is 19.3 Å². The van der Waals surface area contributed by atoms with Gasteiger partial charge in [0.15, 0.2) is 0 Å². The average Bonchev–Trinajstić information content (AvgIpc) is 2.90. The molecule has 1 saturated carbocycles. The van der Waals surface area contributed by atoms with E-state index in [1.54, 1.807) is 24.3 Å². The molecular formula is C20H24ClN3O5. The molecule has 1 aliphatic carbocycles. The lowest BCUT2D eigenvalue weighted by atomic mass is 9.85. The van der Waals surface area contributed by atoms with Crippen LogP contribution in [0.5, 0.6) is 5.75 Å². The number of ether oxygens (including phenoxy) is 1. The molecule has 1 aromatic rings. The lowest BCUT2D eigenvalue weighted by molar-refractivity contribution is -0.145. The van der Waals surface area contributed by atoms with E-state index in [2.05, 4.69) is 5.32 Å². The molecule has 29 heavy (non-hydrogen) atoms. The van der Waals surface area contributed by atoms with Crippen molar-refractivity contribution in [2.24, 2.45) is 5.92 Å². The first-order chi connectivity index (χ1) is 13.9. The number of halogens is 1. The molecule has 2 atom stereocenters. The SMILES string of the molecule is C[C@@H]1CCCC[C@@H]1N1C(=O)C(=O)N(CC(=O)NCCOc2ccc(Cl)cc2)C1=O. The number of carbonyl (C=O) groups is 4. The van der Waals surface area contributed by atoms with Gasteiger partial charge in [-0.1, -0.05) is 31.4 Å². The summed E-state index contributed by atoms with van der Waals surface area (Å²) in [5, 5.41) is 3.18. The number of urea groups is 1. The van der Waals surface area contributed by atoms with Gasteiger partial charge in [-0.25, -0.2) is 9.69 Å². The monoisotopic (exact) mass is 421 g/mol. The van der Waals surface area contributed by atoms with Crippen molar-refractivity contribution in [2.45, 2.75) is 38.6 Å². The lowest BCUT2D eigenvalue weighted by Gasteiger charge is -2.34. The summed E-state index contributed by atoms with van der Waals surface area (Å²) in [5.41, 5.74) is 0. The van der Waals surface area contributed by atoms with E-state index < -0.39 is 30.3 Å². The smallest absolute Gasteiger partial charge is 0.334 e. The van der Waals surface area contributed by atoms with Crippen LogP contribution in [-0.4, -0.2) is 59.3 Å². The van der Waals surface area contributed by atoms with Crippen molar-refractivity contribution in [3.05, 3.63) is 29.3 Å². The first-order valence-electron chi connectivity index (χ1n) is 9.72. The summed E-state index contributed by atoms with van der Waals surface area (Å²) in [7, 11) is 0. The van der Waals surface area contributed by atoms with E-state index in [0.717, 1.165) is 29.1 Å². The summed E-state index contributed by atoms with van der Waals surface area (Å²) in [4.78, 5) is 51.1. The van der Waals surface area contributed by atoms with Gasteiger partial charge in [-0.15, -0.1) is 0 Å². The van der Waals surface area contributed by atoms with Gasteiger partial charge < -0.3 is 10.1 Å². The number of hydrogen-bond acceptors (Lipinski definition) is 5. The molecule has 0 aromatic heterocycles. The minimum Gasteiger partial charge on any atom is -0.492 e. The van der Waals surface area contributed by atoms with E-state index in [4.69, 9.17) is 16.3 Å². The summed E-state index contributed by atoms with van der Waals surface area (Å²) >= 11 is 5.80. The second-order valence-corrected chi connectivity index (χ2v) is 7.77. The Morgan fingerprint density at radius 3 is 2.52 bits per heavy atom. The minimum absolute atomic E-state index is 0.142. The van der Waals surface area contributed by atoms with Crippen molar-refractivity contribution >= 4 is 35.4 Å². The number of benzene rings is 1. The van der Waals surface area contributed by atoms with E-state index in [0.29, 0.717) is 17.2 Å². The quantitative estimate of drug-likeness (QED) is 0.413. The zero-order chi connectivity index (χ0) is 21.0. The Morgan fingerprint density at radius 2 is 1.83 bits per heavy atom. The second-order valence-electron chi connectivity index (χ2n) is 7.33. The van der Waals surface area contributed by atoms with Gasteiger partial charge >= 0.3 is 17.8 Å². The first-order valence-corrected chi connectivity index (χ1v) is 10.1. The molecule has 0 bridgehead atoms. The van der Waals surface area contributed by atoms with Crippen LogP contribution in [0.3, 0.4) is 0 Å². The second kappa shape index (κ2) is 9.26. The minimum atomic E-state index is -0.944. The Kier molecular flexibility index (Phi) is 6.74. The van der Waals surface area contributed by atoms with Crippen LogP contribution in [0.25, 0.3) is 0 Å². The lowest BCUT2D eigenvalue weighted by Crippen LogP contribution is -2.47. The maximum atomic E-state index is 12.6. The van der Waals surface area contributed by atoms with Gasteiger partial charge in [0, 0.05) is 11.1 Å². The molecule has 2 fully saturated rings. The molecule has 2 aliphatic rings. The van der Waals surface area contributed by atoms with Gasteiger partial charge in [0.05, 0.1) is 6.54 Å². The molecule has 0 unspecified atom stereocenters. The van der Waals surface area contributed by atoms with Crippen LogP contribution in [0.2, 0.25) is 5.02 Å².